The lowest BCUT2D eigenvalue weighted by Crippen LogP contribution is -2.19. The third-order valence-electron chi connectivity index (χ3n) is 2.98. The second-order valence-corrected chi connectivity index (χ2v) is 5.92. The van der Waals surface area contributed by atoms with Gasteiger partial charge in [0.2, 0.25) is 11.9 Å². The molecule has 0 saturated heterocycles. The zero-order valence-electron chi connectivity index (χ0n) is 12.9. The van der Waals surface area contributed by atoms with E-state index in [4.69, 9.17) is 23.2 Å². The van der Waals surface area contributed by atoms with Crippen LogP contribution in [0.1, 0.15) is 13.8 Å². The predicted molar refractivity (Wildman–Crippen MR) is 94.8 cm³/mol. The van der Waals surface area contributed by atoms with Gasteiger partial charge < -0.3 is 16.0 Å². The van der Waals surface area contributed by atoms with Gasteiger partial charge in [0, 0.05) is 18.7 Å². The molecule has 1 heterocycles. The lowest BCUT2D eigenvalue weighted by atomic mass is 10.2. The average molecular weight is 354 g/mol. The minimum absolute atomic E-state index is 0.102. The van der Waals surface area contributed by atoms with Crippen LogP contribution in [0.3, 0.4) is 0 Å². The molecule has 0 saturated carbocycles. The van der Waals surface area contributed by atoms with Gasteiger partial charge in [-0.05, 0) is 18.2 Å². The van der Waals surface area contributed by atoms with Crippen molar-refractivity contribution in [1.29, 1.82) is 0 Å². The van der Waals surface area contributed by atoms with E-state index < -0.39 is 0 Å². The summed E-state index contributed by atoms with van der Waals surface area (Å²) in [5, 5.41) is 9.65. The highest BCUT2D eigenvalue weighted by Crippen LogP contribution is 2.27. The molecular formula is C15H17Cl2N5O. The summed E-state index contributed by atoms with van der Waals surface area (Å²) in [4.78, 5) is 20.3. The zero-order valence-corrected chi connectivity index (χ0v) is 14.5. The van der Waals surface area contributed by atoms with E-state index >= 15 is 0 Å². The highest BCUT2D eigenvalue weighted by molar-refractivity contribution is 6.42. The fourth-order valence-electron chi connectivity index (χ4n) is 1.70. The molecule has 23 heavy (non-hydrogen) atoms. The smallest absolute Gasteiger partial charge is 0.229 e. The molecule has 0 aliphatic rings. The highest BCUT2D eigenvalue weighted by Gasteiger charge is 2.12. The maximum absolute atomic E-state index is 11.8. The van der Waals surface area contributed by atoms with Gasteiger partial charge in [0.05, 0.1) is 16.2 Å². The standard InChI is InChI=1S/C15H17Cl2N5O/c1-8(2)14(23)21-12-7-19-15(22-13(12)18-3)20-9-4-5-10(16)11(17)6-9/h4-8H,1-3H3,(H,21,23)(H2,18,19,20,22). The van der Waals surface area contributed by atoms with Gasteiger partial charge in [0.25, 0.3) is 0 Å². The molecule has 3 N–H and O–H groups in total. The van der Waals surface area contributed by atoms with Crippen molar-refractivity contribution in [1.82, 2.24) is 9.97 Å². The van der Waals surface area contributed by atoms with Crippen LogP contribution < -0.4 is 16.0 Å². The van der Waals surface area contributed by atoms with Crippen molar-refractivity contribution < 1.29 is 4.79 Å². The average Bonchev–Trinajstić information content (AvgIpc) is 2.52. The van der Waals surface area contributed by atoms with Gasteiger partial charge in [-0.3, -0.25) is 4.79 Å². The van der Waals surface area contributed by atoms with E-state index in [-0.39, 0.29) is 11.8 Å². The topological polar surface area (TPSA) is 78.9 Å². The molecule has 8 heteroatoms. The molecular weight excluding hydrogens is 337 g/mol. The van der Waals surface area contributed by atoms with E-state index in [2.05, 4.69) is 25.9 Å². The molecule has 1 aromatic heterocycles. The lowest BCUT2D eigenvalue weighted by molar-refractivity contribution is -0.118. The number of rotatable bonds is 5. The fraction of sp³-hybridized carbons (Fsp3) is 0.267. The number of hydrogen-bond donors (Lipinski definition) is 3. The molecule has 0 radical (unpaired) electrons. The Morgan fingerprint density at radius 2 is 1.96 bits per heavy atom. The summed E-state index contributed by atoms with van der Waals surface area (Å²) in [5.74, 6) is 0.649. The van der Waals surface area contributed by atoms with Crippen LogP contribution in [0.2, 0.25) is 10.0 Å². The van der Waals surface area contributed by atoms with Crippen LogP contribution in [-0.4, -0.2) is 22.9 Å². The molecule has 0 atom stereocenters. The van der Waals surface area contributed by atoms with Crippen LogP contribution in [0.5, 0.6) is 0 Å². The molecule has 2 rings (SSSR count). The Kier molecular flexibility index (Phi) is 5.63. The van der Waals surface area contributed by atoms with Crippen molar-refractivity contribution in [3.8, 4) is 0 Å². The van der Waals surface area contributed by atoms with Crippen LogP contribution in [0, 0.1) is 5.92 Å². The predicted octanol–water partition coefficient (Wildman–Crippen LogP) is 4.16. The van der Waals surface area contributed by atoms with Crippen LogP contribution in [0.15, 0.2) is 24.4 Å². The van der Waals surface area contributed by atoms with Gasteiger partial charge in [-0.25, -0.2) is 4.98 Å². The first-order chi connectivity index (χ1) is 10.9. The van der Waals surface area contributed by atoms with Gasteiger partial charge >= 0.3 is 0 Å². The molecule has 0 aliphatic carbocycles. The number of carbonyl (C=O) groups excluding carboxylic acids is 1. The molecule has 6 nitrogen and oxygen atoms in total. The number of nitrogens with zero attached hydrogens (tertiary/aromatic N) is 2. The first-order valence-electron chi connectivity index (χ1n) is 6.98. The van der Waals surface area contributed by atoms with Crippen molar-refractivity contribution in [3.05, 3.63) is 34.4 Å². The van der Waals surface area contributed by atoms with Gasteiger partial charge in [-0.1, -0.05) is 37.0 Å². The zero-order chi connectivity index (χ0) is 17.0. The van der Waals surface area contributed by atoms with E-state index in [1.807, 2.05) is 13.8 Å². The first kappa shape index (κ1) is 17.3. The number of benzene rings is 1. The summed E-state index contributed by atoms with van der Waals surface area (Å²) in [6, 6.07) is 5.13. The Hall–Kier alpha value is -2.05. The van der Waals surface area contributed by atoms with Crippen molar-refractivity contribution in [2.75, 3.05) is 23.0 Å². The van der Waals surface area contributed by atoms with Crippen molar-refractivity contribution in [3.63, 3.8) is 0 Å². The second-order valence-electron chi connectivity index (χ2n) is 5.10. The Morgan fingerprint density at radius 3 is 2.57 bits per heavy atom. The molecule has 0 unspecified atom stereocenters. The maximum Gasteiger partial charge on any atom is 0.229 e. The van der Waals surface area contributed by atoms with Crippen LogP contribution >= 0.6 is 23.2 Å². The van der Waals surface area contributed by atoms with Crippen molar-refractivity contribution in [2.24, 2.45) is 5.92 Å². The quantitative estimate of drug-likeness (QED) is 0.751. The summed E-state index contributed by atoms with van der Waals surface area (Å²) in [6.07, 6.45) is 1.54. The molecule has 1 aromatic carbocycles. The Labute approximate surface area is 144 Å². The van der Waals surface area contributed by atoms with Gasteiger partial charge in [0.15, 0.2) is 5.82 Å². The minimum Gasteiger partial charge on any atom is -0.371 e. The number of amides is 1. The molecule has 0 aliphatic heterocycles. The molecule has 0 fully saturated rings. The number of aromatic nitrogens is 2. The maximum atomic E-state index is 11.8. The lowest BCUT2D eigenvalue weighted by Gasteiger charge is -2.13. The van der Waals surface area contributed by atoms with Gasteiger partial charge in [-0.15, -0.1) is 0 Å². The number of anilines is 4. The first-order valence-corrected chi connectivity index (χ1v) is 7.74. The van der Waals surface area contributed by atoms with E-state index in [0.29, 0.717) is 33.2 Å². The van der Waals surface area contributed by atoms with Crippen LogP contribution in [0.4, 0.5) is 23.1 Å². The van der Waals surface area contributed by atoms with Crippen LogP contribution in [0.25, 0.3) is 0 Å². The molecule has 122 valence electrons. The normalized spacial score (nSPS) is 10.5. The second kappa shape index (κ2) is 7.48. The number of nitrogens with one attached hydrogen (secondary N) is 3. The SMILES string of the molecule is CNc1nc(Nc2ccc(Cl)c(Cl)c2)ncc1NC(=O)C(C)C. The molecule has 1 amide bonds. The summed E-state index contributed by atoms with van der Waals surface area (Å²) >= 11 is 11.9. The van der Waals surface area contributed by atoms with E-state index in [0.717, 1.165) is 0 Å². The van der Waals surface area contributed by atoms with E-state index in [1.54, 1.807) is 31.4 Å². The Morgan fingerprint density at radius 1 is 1.22 bits per heavy atom. The van der Waals surface area contributed by atoms with Crippen molar-refractivity contribution >= 4 is 52.3 Å². The summed E-state index contributed by atoms with van der Waals surface area (Å²) in [5.41, 5.74) is 1.23. The molecule has 2 aromatic rings. The van der Waals surface area contributed by atoms with E-state index in [1.165, 1.54) is 0 Å². The van der Waals surface area contributed by atoms with Crippen LogP contribution in [-0.2, 0) is 4.79 Å². The fourth-order valence-corrected chi connectivity index (χ4v) is 2.00. The third kappa shape index (κ3) is 4.46. The number of halogens is 2. The van der Waals surface area contributed by atoms with E-state index in [9.17, 15) is 4.79 Å². The molecule has 0 spiro atoms. The summed E-state index contributed by atoms with van der Waals surface area (Å²) in [7, 11) is 1.72. The monoisotopic (exact) mass is 353 g/mol. The highest BCUT2D eigenvalue weighted by atomic mass is 35.5. The number of carbonyl (C=O) groups is 1. The van der Waals surface area contributed by atoms with Crippen molar-refractivity contribution in [2.45, 2.75) is 13.8 Å². The van der Waals surface area contributed by atoms with Gasteiger partial charge in [0.1, 0.15) is 5.69 Å². The Bertz CT molecular complexity index is 721. The third-order valence-corrected chi connectivity index (χ3v) is 3.72. The van der Waals surface area contributed by atoms with Gasteiger partial charge in [-0.2, -0.15) is 4.98 Å². The Balaban J connectivity index is 2.21. The largest absolute Gasteiger partial charge is 0.371 e. The summed E-state index contributed by atoms with van der Waals surface area (Å²) < 4.78 is 0. The number of hydrogen-bond acceptors (Lipinski definition) is 5. The summed E-state index contributed by atoms with van der Waals surface area (Å²) in [6.45, 7) is 3.63. The molecule has 0 bridgehead atoms. The minimum atomic E-state index is -0.131.